The van der Waals surface area contributed by atoms with Gasteiger partial charge in [0.05, 0.1) is 30.6 Å². The number of fused-ring (bicyclic) bond motifs is 1. The molecule has 27 heavy (non-hydrogen) atoms. The molecule has 4 rings (SSSR count). The summed E-state index contributed by atoms with van der Waals surface area (Å²) in [6.07, 6.45) is 6.42. The van der Waals surface area contributed by atoms with Gasteiger partial charge in [0, 0.05) is 17.8 Å². The summed E-state index contributed by atoms with van der Waals surface area (Å²) in [5.74, 6) is 1.75. The van der Waals surface area contributed by atoms with E-state index in [9.17, 15) is 0 Å². The highest BCUT2D eigenvalue weighted by Crippen LogP contribution is 2.23. The first-order chi connectivity index (χ1) is 13.2. The lowest BCUT2D eigenvalue weighted by molar-refractivity contribution is 0.414. The molecular weight excluding hydrogens is 344 g/mol. The standard InChI is InChI=1S/C18H16N8O/c1-27-14-4-2-3-13(7-14)26-18-15(10-24-26)17(21-11-22-18)25-23-9-12-5-6-16(19)20-8-12/h2-11H,1H3,(H2,19,20)(H,21,22,25). The van der Waals surface area contributed by atoms with Crippen molar-refractivity contribution >= 4 is 28.9 Å². The van der Waals surface area contributed by atoms with Gasteiger partial charge in [-0.05, 0) is 24.3 Å². The van der Waals surface area contributed by atoms with Gasteiger partial charge in [0.1, 0.15) is 17.9 Å². The number of nitrogen functional groups attached to an aromatic ring is 1. The molecule has 1 aromatic carbocycles. The minimum Gasteiger partial charge on any atom is -0.497 e. The molecule has 4 aromatic rings. The van der Waals surface area contributed by atoms with Gasteiger partial charge < -0.3 is 10.5 Å². The fourth-order valence-corrected chi connectivity index (χ4v) is 2.53. The third-order valence-corrected chi connectivity index (χ3v) is 3.86. The largest absolute Gasteiger partial charge is 0.497 e. The average molecular weight is 360 g/mol. The second kappa shape index (κ2) is 7.08. The molecule has 0 spiro atoms. The monoisotopic (exact) mass is 360 g/mol. The minimum atomic E-state index is 0.461. The van der Waals surface area contributed by atoms with Gasteiger partial charge in [0.2, 0.25) is 0 Å². The summed E-state index contributed by atoms with van der Waals surface area (Å²) in [5, 5.41) is 9.36. The Bertz CT molecular complexity index is 1100. The van der Waals surface area contributed by atoms with E-state index in [2.05, 4.69) is 30.6 Å². The van der Waals surface area contributed by atoms with Crippen molar-refractivity contribution in [3.8, 4) is 11.4 Å². The normalized spacial score (nSPS) is 11.1. The molecule has 134 valence electrons. The average Bonchev–Trinajstić information content (AvgIpc) is 3.14. The van der Waals surface area contributed by atoms with Crippen LogP contribution in [0.15, 0.2) is 60.2 Å². The zero-order valence-corrected chi connectivity index (χ0v) is 14.4. The van der Waals surface area contributed by atoms with Crippen molar-refractivity contribution in [1.82, 2.24) is 24.7 Å². The predicted octanol–water partition coefficient (Wildman–Crippen LogP) is 2.25. The number of hydrogen-bond acceptors (Lipinski definition) is 8. The topological polar surface area (TPSA) is 116 Å². The van der Waals surface area contributed by atoms with E-state index >= 15 is 0 Å². The quantitative estimate of drug-likeness (QED) is 0.414. The van der Waals surface area contributed by atoms with Crippen LogP contribution in [-0.4, -0.2) is 38.1 Å². The summed E-state index contributed by atoms with van der Waals surface area (Å²) in [5.41, 5.74) is 10.8. The van der Waals surface area contributed by atoms with Crippen LogP contribution in [0.3, 0.4) is 0 Å². The molecule has 0 atom stereocenters. The predicted molar refractivity (Wildman–Crippen MR) is 103 cm³/mol. The lowest BCUT2D eigenvalue weighted by Gasteiger charge is -2.06. The highest BCUT2D eigenvalue weighted by molar-refractivity contribution is 5.88. The molecular formula is C18H16N8O. The first kappa shape index (κ1) is 16.5. The molecule has 3 aromatic heterocycles. The summed E-state index contributed by atoms with van der Waals surface area (Å²) >= 11 is 0. The lowest BCUT2D eigenvalue weighted by Crippen LogP contribution is -2.00. The Hall–Kier alpha value is -4.01. The Morgan fingerprint density at radius 3 is 2.89 bits per heavy atom. The molecule has 0 aliphatic carbocycles. The number of nitrogens with one attached hydrogen (secondary N) is 1. The molecule has 0 saturated heterocycles. The fraction of sp³-hybridized carbons (Fsp3) is 0.0556. The number of anilines is 2. The van der Waals surface area contributed by atoms with E-state index in [-0.39, 0.29) is 0 Å². The Balaban J connectivity index is 1.63. The molecule has 0 aliphatic rings. The van der Waals surface area contributed by atoms with Gasteiger partial charge >= 0.3 is 0 Å². The van der Waals surface area contributed by atoms with Crippen molar-refractivity contribution in [1.29, 1.82) is 0 Å². The number of rotatable bonds is 5. The zero-order chi connectivity index (χ0) is 18.6. The van der Waals surface area contributed by atoms with Crippen LogP contribution in [0.5, 0.6) is 5.75 Å². The van der Waals surface area contributed by atoms with E-state index in [4.69, 9.17) is 10.5 Å². The van der Waals surface area contributed by atoms with Crippen LogP contribution in [0.4, 0.5) is 11.6 Å². The molecule has 9 heteroatoms. The van der Waals surface area contributed by atoms with Crippen LogP contribution in [0.25, 0.3) is 16.7 Å². The van der Waals surface area contributed by atoms with E-state index in [0.29, 0.717) is 17.3 Å². The fourth-order valence-electron chi connectivity index (χ4n) is 2.53. The summed E-state index contributed by atoms with van der Waals surface area (Å²) < 4.78 is 6.99. The second-order valence-corrected chi connectivity index (χ2v) is 5.60. The highest BCUT2D eigenvalue weighted by atomic mass is 16.5. The number of nitrogens with two attached hydrogens (primary N) is 1. The summed E-state index contributed by atoms with van der Waals surface area (Å²) in [6.45, 7) is 0. The van der Waals surface area contributed by atoms with Crippen LogP contribution >= 0.6 is 0 Å². The molecule has 9 nitrogen and oxygen atoms in total. The van der Waals surface area contributed by atoms with Gasteiger partial charge in [0.25, 0.3) is 0 Å². The Morgan fingerprint density at radius 1 is 1.15 bits per heavy atom. The Labute approximate surface area is 154 Å². The van der Waals surface area contributed by atoms with Crippen molar-refractivity contribution in [2.24, 2.45) is 5.10 Å². The number of methoxy groups -OCH3 is 1. The smallest absolute Gasteiger partial charge is 0.168 e. The number of pyridine rings is 1. The van der Waals surface area contributed by atoms with Crippen LogP contribution in [-0.2, 0) is 0 Å². The van der Waals surface area contributed by atoms with Gasteiger partial charge in [-0.3, -0.25) is 5.43 Å². The third kappa shape index (κ3) is 3.38. The number of benzene rings is 1. The molecule has 0 saturated carbocycles. The number of aromatic nitrogens is 5. The highest BCUT2D eigenvalue weighted by Gasteiger charge is 2.11. The van der Waals surface area contributed by atoms with E-state index in [1.165, 1.54) is 6.33 Å². The van der Waals surface area contributed by atoms with Crippen molar-refractivity contribution in [2.45, 2.75) is 0 Å². The van der Waals surface area contributed by atoms with Gasteiger partial charge in [-0.1, -0.05) is 6.07 Å². The molecule has 0 fully saturated rings. The summed E-state index contributed by atoms with van der Waals surface area (Å²) in [4.78, 5) is 12.6. The SMILES string of the molecule is COc1cccc(-n2ncc3c(NN=Cc4ccc(N)nc4)ncnc32)c1. The number of ether oxygens (including phenoxy) is 1. The first-order valence-electron chi connectivity index (χ1n) is 8.08. The molecule has 3 heterocycles. The second-order valence-electron chi connectivity index (χ2n) is 5.60. The van der Waals surface area contributed by atoms with Crippen LogP contribution in [0, 0.1) is 0 Å². The molecule has 0 radical (unpaired) electrons. The minimum absolute atomic E-state index is 0.461. The van der Waals surface area contributed by atoms with Gasteiger partial charge in [-0.25, -0.2) is 19.6 Å². The summed E-state index contributed by atoms with van der Waals surface area (Å²) in [7, 11) is 1.62. The third-order valence-electron chi connectivity index (χ3n) is 3.86. The summed E-state index contributed by atoms with van der Waals surface area (Å²) in [6, 6.07) is 11.1. The van der Waals surface area contributed by atoms with Crippen molar-refractivity contribution in [3.05, 3.63) is 60.7 Å². The molecule has 0 aliphatic heterocycles. The van der Waals surface area contributed by atoms with E-state index in [0.717, 1.165) is 22.4 Å². The van der Waals surface area contributed by atoms with E-state index < -0.39 is 0 Å². The maximum Gasteiger partial charge on any atom is 0.168 e. The Morgan fingerprint density at radius 2 is 2.07 bits per heavy atom. The van der Waals surface area contributed by atoms with Crippen LogP contribution < -0.4 is 15.9 Å². The van der Waals surface area contributed by atoms with Crippen molar-refractivity contribution < 1.29 is 4.74 Å². The van der Waals surface area contributed by atoms with Crippen molar-refractivity contribution in [2.75, 3.05) is 18.3 Å². The molecule has 3 N–H and O–H groups in total. The molecule has 0 unspecified atom stereocenters. The number of nitrogens with zero attached hydrogens (tertiary/aromatic N) is 6. The molecule has 0 amide bonds. The maximum absolute atomic E-state index is 5.57. The van der Waals surface area contributed by atoms with Crippen LogP contribution in [0.1, 0.15) is 5.56 Å². The van der Waals surface area contributed by atoms with E-state index in [1.54, 1.807) is 36.5 Å². The van der Waals surface area contributed by atoms with Gasteiger partial charge in [0.15, 0.2) is 11.5 Å². The lowest BCUT2D eigenvalue weighted by atomic mass is 10.3. The van der Waals surface area contributed by atoms with Gasteiger partial charge in [-0.15, -0.1) is 0 Å². The van der Waals surface area contributed by atoms with E-state index in [1.807, 2.05) is 30.3 Å². The molecule has 0 bridgehead atoms. The van der Waals surface area contributed by atoms with Crippen molar-refractivity contribution in [3.63, 3.8) is 0 Å². The zero-order valence-electron chi connectivity index (χ0n) is 14.4. The number of hydrazone groups is 1. The maximum atomic E-state index is 5.57. The first-order valence-corrected chi connectivity index (χ1v) is 8.08. The number of hydrogen-bond donors (Lipinski definition) is 2. The van der Waals surface area contributed by atoms with Gasteiger partial charge in [-0.2, -0.15) is 10.2 Å². The van der Waals surface area contributed by atoms with Crippen LogP contribution in [0.2, 0.25) is 0 Å². The Kier molecular flexibility index (Phi) is 4.32.